The number of amides is 1. The summed E-state index contributed by atoms with van der Waals surface area (Å²) in [6.07, 6.45) is 1.51. The van der Waals surface area contributed by atoms with E-state index in [1.165, 1.54) is 48.5 Å². The Morgan fingerprint density at radius 3 is 2.39 bits per heavy atom. The first-order valence-electron chi connectivity index (χ1n) is 8.19. The van der Waals surface area contributed by atoms with Crippen LogP contribution in [-0.2, 0) is 20.0 Å². The van der Waals surface area contributed by atoms with E-state index >= 15 is 0 Å². The van der Waals surface area contributed by atoms with Gasteiger partial charge >= 0.3 is 0 Å². The van der Waals surface area contributed by atoms with Gasteiger partial charge in [0.2, 0.25) is 20.0 Å². The number of hydrogen-bond donors (Lipinski definition) is 3. The summed E-state index contributed by atoms with van der Waals surface area (Å²) < 4.78 is 50.8. The van der Waals surface area contributed by atoms with Gasteiger partial charge in [0.25, 0.3) is 5.91 Å². The van der Waals surface area contributed by atoms with Crippen LogP contribution in [0.2, 0.25) is 0 Å². The standard InChI is InChI=1S/C18H21N3O5S2/c1-3-10-20-18(22)15-7-5-9-17(12-15)28(25,26)21-13(2)14-6-4-8-16(11-14)27(19,23)24/h3-9,11-13,21H,1,10H2,2H3,(H,20,22)(H2,19,23,24). The van der Waals surface area contributed by atoms with E-state index in [9.17, 15) is 21.6 Å². The summed E-state index contributed by atoms with van der Waals surface area (Å²) in [5, 5.41) is 7.69. The molecular weight excluding hydrogens is 402 g/mol. The van der Waals surface area contributed by atoms with E-state index in [2.05, 4.69) is 16.6 Å². The summed E-state index contributed by atoms with van der Waals surface area (Å²) in [5.74, 6) is -0.425. The lowest BCUT2D eigenvalue weighted by molar-refractivity contribution is 0.0958. The predicted molar refractivity (Wildman–Crippen MR) is 106 cm³/mol. The monoisotopic (exact) mass is 423 g/mol. The Balaban J connectivity index is 2.26. The normalized spacial score (nSPS) is 12.9. The second-order valence-corrected chi connectivity index (χ2v) is 9.26. The van der Waals surface area contributed by atoms with Crippen LogP contribution < -0.4 is 15.2 Å². The van der Waals surface area contributed by atoms with Gasteiger partial charge in [-0.3, -0.25) is 4.79 Å². The molecule has 0 saturated heterocycles. The van der Waals surface area contributed by atoms with E-state index in [1.807, 2.05) is 0 Å². The number of sulfonamides is 2. The maximum atomic E-state index is 12.7. The van der Waals surface area contributed by atoms with E-state index < -0.39 is 32.0 Å². The molecule has 0 heterocycles. The number of primary sulfonamides is 1. The van der Waals surface area contributed by atoms with Crippen LogP contribution in [0.4, 0.5) is 0 Å². The first-order chi connectivity index (χ1) is 13.0. The summed E-state index contributed by atoms with van der Waals surface area (Å²) in [4.78, 5) is 11.8. The quantitative estimate of drug-likeness (QED) is 0.550. The summed E-state index contributed by atoms with van der Waals surface area (Å²) in [5.41, 5.74) is 0.614. The molecule has 1 atom stereocenters. The predicted octanol–water partition coefficient (Wildman–Crippen LogP) is 1.29. The fourth-order valence-corrected chi connectivity index (χ4v) is 4.25. The molecule has 0 spiro atoms. The average molecular weight is 424 g/mol. The Morgan fingerprint density at radius 1 is 1.11 bits per heavy atom. The van der Waals surface area contributed by atoms with Crippen molar-refractivity contribution in [1.82, 2.24) is 10.0 Å². The molecular formula is C18H21N3O5S2. The highest BCUT2D eigenvalue weighted by atomic mass is 32.2. The lowest BCUT2D eigenvalue weighted by Crippen LogP contribution is -2.28. The molecule has 150 valence electrons. The fourth-order valence-electron chi connectivity index (χ4n) is 2.40. The number of benzene rings is 2. The Morgan fingerprint density at radius 2 is 1.75 bits per heavy atom. The van der Waals surface area contributed by atoms with Crippen molar-refractivity contribution in [3.8, 4) is 0 Å². The van der Waals surface area contributed by atoms with E-state index in [4.69, 9.17) is 5.14 Å². The van der Waals surface area contributed by atoms with Crippen LogP contribution in [0, 0.1) is 0 Å². The Kier molecular flexibility index (Phi) is 6.73. The Bertz CT molecular complexity index is 1100. The highest BCUT2D eigenvalue weighted by Gasteiger charge is 2.20. The van der Waals surface area contributed by atoms with Crippen molar-refractivity contribution in [3.63, 3.8) is 0 Å². The van der Waals surface area contributed by atoms with Gasteiger partial charge in [-0.2, -0.15) is 0 Å². The van der Waals surface area contributed by atoms with Gasteiger partial charge in [0.15, 0.2) is 0 Å². The largest absolute Gasteiger partial charge is 0.349 e. The summed E-state index contributed by atoms with van der Waals surface area (Å²) >= 11 is 0. The van der Waals surface area contributed by atoms with E-state index in [1.54, 1.807) is 13.0 Å². The van der Waals surface area contributed by atoms with Crippen LogP contribution in [0.1, 0.15) is 28.9 Å². The molecule has 4 N–H and O–H groups in total. The summed E-state index contributed by atoms with van der Waals surface area (Å²) in [7, 11) is -7.87. The van der Waals surface area contributed by atoms with Gasteiger partial charge in [-0.15, -0.1) is 6.58 Å². The highest BCUT2D eigenvalue weighted by Crippen LogP contribution is 2.20. The molecule has 8 nitrogen and oxygen atoms in total. The number of hydrogen-bond acceptors (Lipinski definition) is 5. The van der Waals surface area contributed by atoms with Gasteiger partial charge in [-0.25, -0.2) is 26.7 Å². The van der Waals surface area contributed by atoms with Crippen LogP contribution in [-0.4, -0.2) is 29.3 Å². The molecule has 0 aromatic heterocycles. The topological polar surface area (TPSA) is 135 Å². The number of carbonyl (C=O) groups is 1. The maximum absolute atomic E-state index is 12.7. The first kappa shape index (κ1) is 21.8. The van der Waals surface area contributed by atoms with Gasteiger partial charge in [0, 0.05) is 18.2 Å². The van der Waals surface area contributed by atoms with Crippen molar-refractivity contribution in [2.24, 2.45) is 5.14 Å². The Labute approximate surface area is 164 Å². The third kappa shape index (κ3) is 5.49. The third-order valence-electron chi connectivity index (χ3n) is 3.83. The Hall–Kier alpha value is -2.53. The van der Waals surface area contributed by atoms with Crippen molar-refractivity contribution >= 4 is 26.0 Å². The van der Waals surface area contributed by atoms with Crippen LogP contribution in [0.3, 0.4) is 0 Å². The molecule has 2 rings (SSSR count). The lowest BCUT2D eigenvalue weighted by Gasteiger charge is -2.16. The molecule has 1 unspecified atom stereocenters. The molecule has 0 radical (unpaired) electrons. The molecule has 0 fully saturated rings. The molecule has 2 aromatic carbocycles. The molecule has 1 amide bonds. The van der Waals surface area contributed by atoms with Crippen molar-refractivity contribution in [2.45, 2.75) is 22.8 Å². The van der Waals surface area contributed by atoms with Crippen LogP contribution >= 0.6 is 0 Å². The van der Waals surface area contributed by atoms with E-state index in [0.717, 1.165) is 0 Å². The number of nitrogens with one attached hydrogen (secondary N) is 2. The molecule has 0 bridgehead atoms. The second-order valence-electron chi connectivity index (χ2n) is 5.99. The molecule has 2 aromatic rings. The van der Waals surface area contributed by atoms with E-state index in [0.29, 0.717) is 5.56 Å². The van der Waals surface area contributed by atoms with Gasteiger partial charge in [-0.1, -0.05) is 24.3 Å². The van der Waals surface area contributed by atoms with Gasteiger partial charge in [-0.05, 0) is 42.8 Å². The minimum atomic E-state index is -3.96. The van der Waals surface area contributed by atoms with Crippen LogP contribution in [0.15, 0.2) is 71.0 Å². The maximum Gasteiger partial charge on any atom is 0.251 e. The van der Waals surface area contributed by atoms with Crippen molar-refractivity contribution < 1.29 is 21.6 Å². The molecule has 10 heteroatoms. The molecule has 0 aliphatic carbocycles. The zero-order valence-corrected chi connectivity index (χ0v) is 16.8. The number of nitrogens with two attached hydrogens (primary N) is 1. The number of carbonyl (C=O) groups excluding carboxylic acids is 1. The van der Waals surface area contributed by atoms with Gasteiger partial charge in [0.1, 0.15) is 0 Å². The molecule has 0 aliphatic rings. The third-order valence-corrected chi connectivity index (χ3v) is 6.28. The molecule has 0 aliphatic heterocycles. The summed E-state index contributed by atoms with van der Waals surface area (Å²) in [6.45, 7) is 5.33. The van der Waals surface area contributed by atoms with Crippen molar-refractivity contribution in [3.05, 3.63) is 72.3 Å². The molecule has 0 saturated carbocycles. The zero-order valence-electron chi connectivity index (χ0n) is 15.1. The fraction of sp³-hybridized carbons (Fsp3) is 0.167. The lowest BCUT2D eigenvalue weighted by atomic mass is 10.1. The average Bonchev–Trinajstić information content (AvgIpc) is 2.65. The first-order valence-corrected chi connectivity index (χ1v) is 11.2. The van der Waals surface area contributed by atoms with Crippen LogP contribution in [0.25, 0.3) is 0 Å². The number of rotatable bonds is 8. The van der Waals surface area contributed by atoms with Gasteiger partial charge in [0.05, 0.1) is 9.79 Å². The minimum Gasteiger partial charge on any atom is -0.349 e. The molecule has 28 heavy (non-hydrogen) atoms. The highest BCUT2D eigenvalue weighted by molar-refractivity contribution is 7.89. The summed E-state index contributed by atoms with van der Waals surface area (Å²) in [6, 6.07) is 10.5. The van der Waals surface area contributed by atoms with E-state index in [-0.39, 0.29) is 21.9 Å². The zero-order chi connectivity index (χ0) is 20.9. The second kappa shape index (κ2) is 8.65. The van der Waals surface area contributed by atoms with Crippen molar-refractivity contribution in [1.29, 1.82) is 0 Å². The van der Waals surface area contributed by atoms with Crippen molar-refractivity contribution in [2.75, 3.05) is 6.54 Å². The minimum absolute atomic E-state index is 0.0896. The smallest absolute Gasteiger partial charge is 0.251 e. The SMILES string of the molecule is C=CCNC(=O)c1cccc(S(=O)(=O)NC(C)c2cccc(S(N)(=O)=O)c2)c1. The van der Waals surface area contributed by atoms with Gasteiger partial charge < -0.3 is 5.32 Å². The van der Waals surface area contributed by atoms with Crippen LogP contribution in [0.5, 0.6) is 0 Å².